The van der Waals surface area contributed by atoms with Crippen molar-refractivity contribution in [2.45, 2.75) is 6.61 Å². The van der Waals surface area contributed by atoms with Crippen molar-refractivity contribution >= 4 is 46.7 Å². The number of hydrogen-bond donors (Lipinski definition) is 3. The van der Waals surface area contributed by atoms with Crippen LogP contribution in [0.15, 0.2) is 55.1 Å². The van der Waals surface area contributed by atoms with Gasteiger partial charge in [0.25, 0.3) is 0 Å². The quantitative estimate of drug-likeness (QED) is 0.292. The van der Waals surface area contributed by atoms with E-state index >= 15 is 0 Å². The Balaban J connectivity index is 1.85. The van der Waals surface area contributed by atoms with Crippen LogP contribution in [-0.4, -0.2) is 17.9 Å². The van der Waals surface area contributed by atoms with Gasteiger partial charge in [0.1, 0.15) is 12.4 Å². The molecule has 130 valence electrons. The maximum atomic E-state index is 6.13. The van der Waals surface area contributed by atoms with Crippen LogP contribution in [0.1, 0.15) is 11.1 Å². The average molecular weight is 395 g/mol. The Kier molecular flexibility index (Phi) is 7.73. The van der Waals surface area contributed by atoms with Crippen molar-refractivity contribution in [1.82, 2.24) is 10.7 Å². The summed E-state index contributed by atoms with van der Waals surface area (Å²) in [4.78, 5) is 0. The molecule has 0 spiro atoms. The Morgan fingerprint density at radius 2 is 1.96 bits per heavy atom. The van der Waals surface area contributed by atoms with Gasteiger partial charge in [0.15, 0.2) is 6.21 Å². The van der Waals surface area contributed by atoms with Crippen molar-refractivity contribution in [1.29, 1.82) is 0 Å². The lowest BCUT2D eigenvalue weighted by Crippen LogP contribution is -2.82. The van der Waals surface area contributed by atoms with Crippen LogP contribution in [0.3, 0.4) is 0 Å². The molecule has 7 heteroatoms. The second-order valence-electron chi connectivity index (χ2n) is 5.01. The molecule has 2 rings (SSSR count). The Morgan fingerprint density at radius 1 is 1.20 bits per heavy atom. The normalized spacial score (nSPS) is 10.5. The topological polar surface area (TPSA) is 47.3 Å². The summed E-state index contributed by atoms with van der Waals surface area (Å²) in [7, 11) is 0. The average Bonchev–Trinajstić information content (AvgIpc) is 2.60. The minimum absolute atomic E-state index is 0.377. The Morgan fingerprint density at radius 3 is 2.64 bits per heavy atom. The summed E-state index contributed by atoms with van der Waals surface area (Å²) in [5.74, 6) is 0.749. The van der Waals surface area contributed by atoms with E-state index in [2.05, 4.69) is 22.4 Å². The number of benzene rings is 2. The molecule has 0 unspecified atom stereocenters. The fraction of sp³-hybridized carbons (Fsp3) is 0.111. The molecule has 0 bridgehead atoms. The number of nitrogens with one attached hydrogen (secondary N) is 3. The van der Waals surface area contributed by atoms with E-state index in [9.17, 15) is 0 Å². The third-order valence-electron chi connectivity index (χ3n) is 3.12. The number of hydrogen-bond acceptors (Lipinski definition) is 2. The Bertz CT molecular complexity index is 763. The van der Waals surface area contributed by atoms with Crippen LogP contribution < -0.4 is 20.6 Å². The Hall–Kier alpha value is -2.08. The molecule has 0 aliphatic heterocycles. The molecule has 0 saturated heterocycles. The van der Waals surface area contributed by atoms with Gasteiger partial charge in [-0.3, -0.25) is 0 Å². The molecule has 0 aromatic heterocycles. The summed E-state index contributed by atoms with van der Waals surface area (Å²) in [6.45, 7) is 4.59. The van der Waals surface area contributed by atoms with Crippen molar-refractivity contribution in [2.24, 2.45) is 0 Å². The predicted molar refractivity (Wildman–Crippen MR) is 107 cm³/mol. The van der Waals surface area contributed by atoms with E-state index in [1.165, 1.54) is 0 Å². The van der Waals surface area contributed by atoms with Crippen LogP contribution in [0.2, 0.25) is 10.0 Å². The molecule has 4 nitrogen and oxygen atoms in total. The SMILES string of the molecule is C=CCNC(=S)N[NH+]=Cc1ccc(OCc2ccc(Cl)cc2Cl)cc1. The molecule has 3 N–H and O–H groups in total. The first-order chi connectivity index (χ1) is 12.1. The third-order valence-corrected chi connectivity index (χ3v) is 3.95. The van der Waals surface area contributed by atoms with Gasteiger partial charge in [0.2, 0.25) is 5.11 Å². The molecule has 0 atom stereocenters. The van der Waals surface area contributed by atoms with Gasteiger partial charge in [-0.1, -0.05) is 35.3 Å². The zero-order valence-corrected chi connectivity index (χ0v) is 15.7. The molecule has 0 amide bonds. The van der Waals surface area contributed by atoms with Gasteiger partial charge in [0.05, 0.1) is 0 Å². The van der Waals surface area contributed by atoms with Crippen molar-refractivity contribution in [3.05, 3.63) is 76.3 Å². The summed E-state index contributed by atoms with van der Waals surface area (Å²) >= 11 is 17.1. The van der Waals surface area contributed by atoms with Gasteiger partial charge in [0, 0.05) is 27.7 Å². The monoisotopic (exact) mass is 394 g/mol. The lowest BCUT2D eigenvalue weighted by atomic mass is 10.2. The number of hydrazine groups is 1. The number of ether oxygens (including phenoxy) is 1. The van der Waals surface area contributed by atoms with Gasteiger partial charge in [-0.15, -0.1) is 17.1 Å². The number of rotatable bonds is 7. The highest BCUT2D eigenvalue weighted by Gasteiger charge is 2.03. The van der Waals surface area contributed by atoms with E-state index in [0.717, 1.165) is 16.9 Å². The van der Waals surface area contributed by atoms with E-state index < -0.39 is 0 Å². The van der Waals surface area contributed by atoms with Crippen molar-refractivity contribution in [3.63, 3.8) is 0 Å². The zero-order chi connectivity index (χ0) is 18.1. The van der Waals surface area contributed by atoms with Crippen LogP contribution in [-0.2, 0) is 6.61 Å². The molecule has 0 saturated carbocycles. The van der Waals surface area contributed by atoms with E-state index in [0.29, 0.717) is 28.3 Å². The van der Waals surface area contributed by atoms with E-state index in [-0.39, 0.29) is 0 Å². The molecule has 25 heavy (non-hydrogen) atoms. The van der Waals surface area contributed by atoms with Crippen LogP contribution in [0.25, 0.3) is 0 Å². The van der Waals surface area contributed by atoms with Gasteiger partial charge < -0.3 is 10.1 Å². The lowest BCUT2D eigenvalue weighted by Gasteiger charge is -2.08. The smallest absolute Gasteiger partial charge is 0.224 e. The summed E-state index contributed by atoms with van der Waals surface area (Å²) in [5.41, 5.74) is 4.70. The van der Waals surface area contributed by atoms with Crippen LogP contribution in [0, 0.1) is 0 Å². The van der Waals surface area contributed by atoms with Gasteiger partial charge >= 0.3 is 0 Å². The van der Waals surface area contributed by atoms with Gasteiger partial charge in [-0.25, -0.2) is 0 Å². The van der Waals surface area contributed by atoms with Crippen LogP contribution in [0.5, 0.6) is 5.75 Å². The highest BCUT2D eigenvalue weighted by Crippen LogP contribution is 2.22. The minimum Gasteiger partial charge on any atom is -0.489 e. The second kappa shape index (κ2) is 10.0. The maximum absolute atomic E-state index is 6.13. The van der Waals surface area contributed by atoms with E-state index in [1.807, 2.05) is 30.3 Å². The molecule has 0 heterocycles. The number of halogens is 2. The van der Waals surface area contributed by atoms with Crippen molar-refractivity contribution in [3.8, 4) is 5.75 Å². The van der Waals surface area contributed by atoms with E-state index in [4.69, 9.17) is 40.2 Å². The first kappa shape index (κ1) is 19.2. The first-order valence-corrected chi connectivity index (χ1v) is 8.65. The summed E-state index contributed by atoms with van der Waals surface area (Å²) < 4.78 is 5.74. The summed E-state index contributed by atoms with van der Waals surface area (Å²) in [6.07, 6.45) is 3.52. The predicted octanol–water partition coefficient (Wildman–Crippen LogP) is 2.64. The zero-order valence-electron chi connectivity index (χ0n) is 13.4. The highest BCUT2D eigenvalue weighted by molar-refractivity contribution is 7.80. The fourth-order valence-electron chi connectivity index (χ4n) is 1.85. The number of hydrazone groups is 1. The second-order valence-corrected chi connectivity index (χ2v) is 6.26. The summed E-state index contributed by atoms with van der Waals surface area (Å²) in [5, 5.41) is 7.56. The fourth-order valence-corrected chi connectivity index (χ4v) is 2.46. The molecular weight excluding hydrogens is 377 g/mol. The van der Waals surface area contributed by atoms with Crippen LogP contribution in [0.4, 0.5) is 0 Å². The van der Waals surface area contributed by atoms with Crippen molar-refractivity contribution < 1.29 is 9.84 Å². The lowest BCUT2D eigenvalue weighted by molar-refractivity contribution is -0.500. The highest BCUT2D eigenvalue weighted by atomic mass is 35.5. The number of thiocarbonyl (C=S) groups is 1. The third kappa shape index (κ3) is 6.74. The molecule has 0 radical (unpaired) electrons. The maximum Gasteiger partial charge on any atom is 0.224 e. The summed E-state index contributed by atoms with van der Waals surface area (Å²) in [6, 6.07) is 13.0. The van der Waals surface area contributed by atoms with Gasteiger partial charge in [-0.05, 0) is 48.6 Å². The molecule has 0 fully saturated rings. The molecule has 2 aromatic carbocycles. The van der Waals surface area contributed by atoms with Gasteiger partial charge in [-0.2, -0.15) is 0 Å². The van der Waals surface area contributed by atoms with E-state index in [1.54, 1.807) is 24.4 Å². The molecule has 0 aliphatic rings. The van der Waals surface area contributed by atoms with Crippen LogP contribution >= 0.6 is 35.4 Å². The molecule has 0 aliphatic carbocycles. The first-order valence-electron chi connectivity index (χ1n) is 7.49. The standard InChI is InChI=1S/C18H17Cl2N3OS/c1-2-9-21-18(25)23-22-11-13-3-7-16(8-4-13)24-12-14-5-6-15(19)10-17(14)20/h2-8,10-11H,1,9,12H2,(H2,21,23,25)/p+1. The minimum atomic E-state index is 0.377. The largest absolute Gasteiger partial charge is 0.489 e. The Labute approximate surface area is 162 Å². The van der Waals surface area contributed by atoms with Crippen molar-refractivity contribution in [2.75, 3.05) is 6.54 Å². The molecular formula is C18H18Cl2N3OS+. The molecule has 2 aromatic rings.